The van der Waals surface area contributed by atoms with Gasteiger partial charge in [0, 0.05) is 10.8 Å². The van der Waals surface area contributed by atoms with Crippen LogP contribution >= 0.6 is 11.8 Å². The molecule has 0 amide bonds. The molecule has 134 valence electrons. The normalized spacial score (nSPS) is 17.5. The van der Waals surface area contributed by atoms with Gasteiger partial charge in [-0.1, -0.05) is 13.8 Å². The molecule has 3 rings (SSSR count). The lowest BCUT2D eigenvalue weighted by atomic mass is 10.0. The Kier molecular flexibility index (Phi) is 4.78. The second kappa shape index (κ2) is 6.59. The average Bonchev–Trinajstić information content (AvgIpc) is 2.83. The Hall–Kier alpha value is -1.64. The van der Waals surface area contributed by atoms with E-state index in [1.54, 1.807) is 28.6 Å². The molecule has 0 radical (unpaired) electrons. The maximum atomic E-state index is 11.4. The minimum atomic E-state index is -3.71. The number of primary sulfonamides is 1. The number of hydrogen-bond acceptors (Lipinski definition) is 5. The predicted octanol–water partition coefficient (Wildman–Crippen LogP) is 3.71. The topological polar surface area (TPSA) is 90.3 Å². The number of aryl methyl sites for hydroxylation is 1. The largest absolute Gasteiger partial charge is 0.238 e. The molecular formula is C17H22N4O2S2. The zero-order chi connectivity index (χ0) is 18.4. The third kappa shape index (κ3) is 3.65. The molecule has 2 heterocycles. The van der Waals surface area contributed by atoms with Gasteiger partial charge in [-0.3, -0.25) is 0 Å². The lowest BCUT2D eigenvalue weighted by Crippen LogP contribution is -2.12. The van der Waals surface area contributed by atoms with Crippen LogP contribution in [0.5, 0.6) is 0 Å². The second-order valence-electron chi connectivity index (χ2n) is 6.64. The molecular weight excluding hydrogens is 356 g/mol. The highest BCUT2D eigenvalue weighted by atomic mass is 32.2. The summed E-state index contributed by atoms with van der Waals surface area (Å²) in [7, 11) is -3.71. The number of nitrogens with zero attached hydrogens (tertiary/aromatic N) is 3. The van der Waals surface area contributed by atoms with Gasteiger partial charge in [-0.25, -0.2) is 23.2 Å². The summed E-state index contributed by atoms with van der Waals surface area (Å²) in [5.41, 5.74) is 2.89. The molecule has 1 atom stereocenters. The molecule has 1 aliphatic rings. The molecule has 0 aliphatic carbocycles. The van der Waals surface area contributed by atoms with Crippen molar-refractivity contribution in [1.29, 1.82) is 0 Å². The Bertz CT molecular complexity index is 928. The number of fused-ring (bicyclic) bond motifs is 1. The highest BCUT2D eigenvalue weighted by molar-refractivity contribution is 8.14. The molecule has 0 spiro atoms. The van der Waals surface area contributed by atoms with E-state index in [1.165, 1.54) is 17.7 Å². The number of benzene rings is 1. The van der Waals surface area contributed by atoms with Crippen LogP contribution < -0.4 is 5.14 Å². The maximum absolute atomic E-state index is 11.4. The second-order valence-corrected chi connectivity index (χ2v) is 9.60. The molecule has 0 saturated heterocycles. The van der Waals surface area contributed by atoms with Crippen molar-refractivity contribution >= 4 is 32.6 Å². The van der Waals surface area contributed by atoms with E-state index in [4.69, 9.17) is 10.1 Å². The summed E-state index contributed by atoms with van der Waals surface area (Å²) in [6.07, 6.45) is 1.06. The fourth-order valence-corrected chi connectivity index (χ4v) is 4.94. The molecule has 0 unspecified atom stereocenters. The number of thioether (sulfide) groups is 1. The maximum Gasteiger partial charge on any atom is 0.238 e. The molecule has 6 nitrogen and oxygen atoms in total. The third-order valence-electron chi connectivity index (χ3n) is 4.07. The van der Waals surface area contributed by atoms with E-state index in [-0.39, 0.29) is 4.90 Å². The Morgan fingerprint density at radius 3 is 2.44 bits per heavy atom. The van der Waals surface area contributed by atoms with Crippen LogP contribution in [-0.4, -0.2) is 23.2 Å². The molecule has 0 saturated carbocycles. The van der Waals surface area contributed by atoms with Crippen molar-refractivity contribution in [3.63, 3.8) is 0 Å². The fourth-order valence-electron chi connectivity index (χ4n) is 3.00. The van der Waals surface area contributed by atoms with Crippen molar-refractivity contribution in [2.45, 2.75) is 44.3 Å². The van der Waals surface area contributed by atoms with Crippen LogP contribution in [0.2, 0.25) is 0 Å². The standard InChI is InChI=1S/C17H22N4O2S2/c1-10(2)9-15-16-11(3)20-21(17(16)19-12(4)24-15)13-5-7-14(8-6-13)25(18,22)23/h5-8,10,15H,9H2,1-4H3,(H2,18,22,23)/t15-/m0/s1. The van der Waals surface area contributed by atoms with E-state index in [0.717, 1.165) is 28.7 Å². The third-order valence-corrected chi connectivity index (χ3v) is 6.15. The molecule has 2 aromatic rings. The number of nitrogens with two attached hydrogens (primary N) is 1. The summed E-state index contributed by atoms with van der Waals surface area (Å²) >= 11 is 1.79. The number of rotatable bonds is 4. The minimum Gasteiger partial charge on any atom is -0.227 e. The van der Waals surface area contributed by atoms with E-state index in [9.17, 15) is 8.42 Å². The highest BCUT2D eigenvalue weighted by Crippen LogP contribution is 2.46. The summed E-state index contributed by atoms with van der Waals surface area (Å²) in [5.74, 6) is 1.41. The Labute approximate surface area is 152 Å². The van der Waals surface area contributed by atoms with Gasteiger partial charge in [0.15, 0.2) is 5.82 Å². The monoisotopic (exact) mass is 378 g/mol. The molecule has 2 N–H and O–H groups in total. The van der Waals surface area contributed by atoms with E-state index >= 15 is 0 Å². The van der Waals surface area contributed by atoms with Gasteiger partial charge in [-0.15, -0.1) is 11.8 Å². The van der Waals surface area contributed by atoms with Gasteiger partial charge in [0.1, 0.15) is 0 Å². The first-order valence-corrected chi connectivity index (χ1v) is 10.5. The number of sulfonamides is 1. The van der Waals surface area contributed by atoms with Gasteiger partial charge in [-0.05, 0) is 50.5 Å². The van der Waals surface area contributed by atoms with Crippen LogP contribution in [0.25, 0.3) is 5.69 Å². The summed E-state index contributed by atoms with van der Waals surface area (Å²) in [6.45, 7) is 8.44. The minimum absolute atomic E-state index is 0.0851. The molecule has 25 heavy (non-hydrogen) atoms. The first kappa shape index (κ1) is 18.2. The summed E-state index contributed by atoms with van der Waals surface area (Å²) in [4.78, 5) is 4.79. The zero-order valence-electron chi connectivity index (χ0n) is 14.7. The molecule has 1 aliphatic heterocycles. The van der Waals surface area contributed by atoms with Crippen molar-refractivity contribution in [3.8, 4) is 5.69 Å². The number of aliphatic imine (C=N–C) groups is 1. The van der Waals surface area contributed by atoms with Crippen molar-refractivity contribution in [2.24, 2.45) is 16.0 Å². The van der Waals surface area contributed by atoms with Crippen LogP contribution in [-0.2, 0) is 10.0 Å². The van der Waals surface area contributed by atoms with Crippen molar-refractivity contribution in [2.75, 3.05) is 0 Å². The predicted molar refractivity (Wildman–Crippen MR) is 102 cm³/mol. The average molecular weight is 379 g/mol. The van der Waals surface area contributed by atoms with Gasteiger partial charge in [0.05, 0.1) is 21.3 Å². The Morgan fingerprint density at radius 2 is 1.88 bits per heavy atom. The van der Waals surface area contributed by atoms with Gasteiger partial charge in [-0.2, -0.15) is 5.10 Å². The van der Waals surface area contributed by atoms with Crippen LogP contribution in [0, 0.1) is 12.8 Å². The first-order valence-electron chi connectivity index (χ1n) is 8.11. The van der Waals surface area contributed by atoms with E-state index in [0.29, 0.717) is 11.2 Å². The quantitative estimate of drug-likeness (QED) is 0.878. The molecule has 0 fully saturated rings. The Balaban J connectivity index is 2.08. The lowest BCUT2D eigenvalue weighted by molar-refractivity contribution is 0.579. The molecule has 1 aromatic carbocycles. The fraction of sp³-hybridized carbons (Fsp3) is 0.412. The van der Waals surface area contributed by atoms with Crippen LogP contribution in [0.4, 0.5) is 5.82 Å². The SMILES string of the molecule is CC1=Nc2c(c(C)nn2-c2ccc(S(N)(=O)=O)cc2)[C@H](CC(C)C)S1. The summed E-state index contributed by atoms with van der Waals surface area (Å²) in [5, 5.41) is 11.2. The van der Waals surface area contributed by atoms with E-state index < -0.39 is 10.0 Å². The van der Waals surface area contributed by atoms with E-state index in [1.807, 2.05) is 13.8 Å². The van der Waals surface area contributed by atoms with Gasteiger partial charge < -0.3 is 0 Å². The number of aromatic nitrogens is 2. The Morgan fingerprint density at radius 1 is 1.24 bits per heavy atom. The smallest absolute Gasteiger partial charge is 0.227 e. The van der Waals surface area contributed by atoms with Crippen molar-refractivity contribution in [3.05, 3.63) is 35.5 Å². The van der Waals surface area contributed by atoms with Crippen LogP contribution in [0.1, 0.15) is 43.7 Å². The lowest BCUT2D eigenvalue weighted by Gasteiger charge is -2.23. The summed E-state index contributed by atoms with van der Waals surface area (Å²) in [6, 6.07) is 6.40. The summed E-state index contributed by atoms with van der Waals surface area (Å²) < 4.78 is 24.7. The van der Waals surface area contributed by atoms with Crippen LogP contribution in [0.15, 0.2) is 34.2 Å². The molecule has 8 heteroatoms. The molecule has 0 bridgehead atoms. The number of hydrogen-bond donors (Lipinski definition) is 1. The van der Waals surface area contributed by atoms with Crippen molar-refractivity contribution in [1.82, 2.24) is 9.78 Å². The van der Waals surface area contributed by atoms with Gasteiger partial charge in [0.2, 0.25) is 10.0 Å². The van der Waals surface area contributed by atoms with Crippen molar-refractivity contribution < 1.29 is 8.42 Å². The van der Waals surface area contributed by atoms with Crippen LogP contribution in [0.3, 0.4) is 0 Å². The van der Waals surface area contributed by atoms with Gasteiger partial charge >= 0.3 is 0 Å². The first-order chi connectivity index (χ1) is 11.7. The van der Waals surface area contributed by atoms with E-state index in [2.05, 4.69) is 18.9 Å². The van der Waals surface area contributed by atoms with Gasteiger partial charge in [0.25, 0.3) is 0 Å². The molecule has 1 aromatic heterocycles. The highest BCUT2D eigenvalue weighted by Gasteiger charge is 2.29. The zero-order valence-corrected chi connectivity index (χ0v) is 16.4.